The average Bonchev–Trinajstić information content (AvgIpc) is 2.35. The van der Waals surface area contributed by atoms with Crippen LogP contribution in [0.3, 0.4) is 0 Å². The fourth-order valence-electron chi connectivity index (χ4n) is 2.35. The summed E-state index contributed by atoms with van der Waals surface area (Å²) in [5.74, 6) is 0.762. The van der Waals surface area contributed by atoms with Crippen LogP contribution in [0.5, 0.6) is 0 Å². The molecule has 0 aromatic heterocycles. The van der Waals surface area contributed by atoms with Gasteiger partial charge in [-0.2, -0.15) is 0 Å². The number of nitrogens with zero attached hydrogens (tertiary/aromatic N) is 1. The fraction of sp³-hybridized carbons (Fsp3) is 1.00. The zero-order chi connectivity index (χ0) is 13.2. The standard InChI is InChI=1S/C13H28N2O3/c1-15(9-12-3-5-14-6-4-12)10-13(16)11-18-8-7-17-2/h12-14,16H,3-11H2,1-2H3. The molecular formula is C13H28N2O3. The number of rotatable bonds is 9. The van der Waals surface area contributed by atoms with Crippen LogP contribution in [0.2, 0.25) is 0 Å². The third-order valence-electron chi connectivity index (χ3n) is 3.29. The van der Waals surface area contributed by atoms with Gasteiger partial charge in [-0.3, -0.25) is 0 Å². The molecule has 0 aliphatic carbocycles. The van der Waals surface area contributed by atoms with Crippen molar-refractivity contribution in [2.75, 3.05) is 60.2 Å². The van der Waals surface area contributed by atoms with Crippen LogP contribution in [0, 0.1) is 5.92 Å². The van der Waals surface area contributed by atoms with Gasteiger partial charge in [-0.05, 0) is 38.9 Å². The molecule has 1 fully saturated rings. The summed E-state index contributed by atoms with van der Waals surface area (Å²) in [6.45, 7) is 5.51. The summed E-state index contributed by atoms with van der Waals surface area (Å²) in [6.07, 6.45) is 2.07. The lowest BCUT2D eigenvalue weighted by Crippen LogP contribution is -2.38. The molecule has 2 N–H and O–H groups in total. The lowest BCUT2D eigenvalue weighted by Gasteiger charge is -2.28. The van der Waals surface area contributed by atoms with Gasteiger partial charge in [0, 0.05) is 20.2 Å². The molecule has 0 aromatic rings. The number of nitrogens with one attached hydrogen (secondary N) is 1. The second-order valence-electron chi connectivity index (χ2n) is 5.14. The highest BCUT2D eigenvalue weighted by Gasteiger charge is 2.16. The number of hydrogen-bond donors (Lipinski definition) is 2. The number of likely N-dealkylation sites (N-methyl/N-ethyl adjacent to an activating group) is 1. The van der Waals surface area contributed by atoms with Crippen molar-refractivity contribution < 1.29 is 14.6 Å². The molecule has 1 atom stereocenters. The van der Waals surface area contributed by atoms with Gasteiger partial charge in [0.2, 0.25) is 0 Å². The Labute approximate surface area is 110 Å². The second kappa shape index (κ2) is 9.69. The molecule has 1 saturated heterocycles. The zero-order valence-electron chi connectivity index (χ0n) is 11.7. The summed E-state index contributed by atoms with van der Waals surface area (Å²) in [6, 6.07) is 0. The normalized spacial score (nSPS) is 19.3. The average molecular weight is 260 g/mol. The Hall–Kier alpha value is -0.200. The molecule has 1 unspecified atom stereocenters. The van der Waals surface area contributed by atoms with Gasteiger partial charge < -0.3 is 24.8 Å². The predicted octanol–water partition coefficient (Wildman–Crippen LogP) is -0.0583. The predicted molar refractivity (Wildman–Crippen MR) is 71.8 cm³/mol. The first-order valence-electron chi connectivity index (χ1n) is 6.86. The minimum Gasteiger partial charge on any atom is -0.389 e. The summed E-state index contributed by atoms with van der Waals surface area (Å²) in [5, 5.41) is 13.2. The van der Waals surface area contributed by atoms with E-state index in [1.165, 1.54) is 12.8 Å². The summed E-state index contributed by atoms with van der Waals surface area (Å²) in [7, 11) is 3.72. The van der Waals surface area contributed by atoms with E-state index in [4.69, 9.17) is 9.47 Å². The van der Waals surface area contributed by atoms with Crippen molar-refractivity contribution in [3.8, 4) is 0 Å². The van der Waals surface area contributed by atoms with Crippen molar-refractivity contribution in [1.29, 1.82) is 0 Å². The minimum absolute atomic E-state index is 0.389. The van der Waals surface area contributed by atoms with Gasteiger partial charge in [-0.1, -0.05) is 0 Å². The first-order valence-corrected chi connectivity index (χ1v) is 6.86. The van der Waals surface area contributed by atoms with Gasteiger partial charge in [0.15, 0.2) is 0 Å². The first kappa shape index (κ1) is 15.9. The molecule has 0 spiro atoms. The Balaban J connectivity index is 2.04. The molecule has 1 aliphatic heterocycles. The molecule has 5 nitrogen and oxygen atoms in total. The highest BCUT2D eigenvalue weighted by Crippen LogP contribution is 2.12. The largest absolute Gasteiger partial charge is 0.389 e. The first-order chi connectivity index (χ1) is 8.72. The molecule has 0 amide bonds. The van der Waals surface area contributed by atoms with Crippen molar-refractivity contribution in [2.45, 2.75) is 18.9 Å². The van der Waals surface area contributed by atoms with Gasteiger partial charge in [0.05, 0.1) is 25.9 Å². The summed E-state index contributed by atoms with van der Waals surface area (Å²) in [5.41, 5.74) is 0. The van der Waals surface area contributed by atoms with E-state index in [1.807, 2.05) is 0 Å². The highest BCUT2D eigenvalue weighted by atomic mass is 16.5. The van der Waals surface area contributed by atoms with Crippen LogP contribution in [-0.4, -0.2) is 76.3 Å². The van der Waals surface area contributed by atoms with Gasteiger partial charge in [0.1, 0.15) is 0 Å². The fourth-order valence-corrected chi connectivity index (χ4v) is 2.35. The highest BCUT2D eigenvalue weighted by molar-refractivity contribution is 4.72. The van der Waals surface area contributed by atoms with Crippen molar-refractivity contribution in [2.24, 2.45) is 5.92 Å². The Morgan fingerprint density at radius 1 is 1.33 bits per heavy atom. The van der Waals surface area contributed by atoms with E-state index in [0.717, 1.165) is 25.6 Å². The summed E-state index contributed by atoms with van der Waals surface area (Å²) >= 11 is 0. The lowest BCUT2D eigenvalue weighted by atomic mass is 9.97. The van der Waals surface area contributed by atoms with Crippen LogP contribution >= 0.6 is 0 Å². The number of aliphatic hydroxyl groups excluding tert-OH is 1. The second-order valence-corrected chi connectivity index (χ2v) is 5.14. The molecule has 0 bridgehead atoms. The van der Waals surface area contributed by atoms with Crippen LogP contribution in [0.25, 0.3) is 0 Å². The van der Waals surface area contributed by atoms with E-state index in [0.29, 0.717) is 26.4 Å². The van der Waals surface area contributed by atoms with E-state index >= 15 is 0 Å². The maximum atomic E-state index is 9.83. The Bertz CT molecular complexity index is 199. The topological polar surface area (TPSA) is 54.0 Å². The monoisotopic (exact) mass is 260 g/mol. The Morgan fingerprint density at radius 3 is 2.72 bits per heavy atom. The molecule has 1 aliphatic rings. The Morgan fingerprint density at radius 2 is 2.06 bits per heavy atom. The molecule has 1 heterocycles. The van der Waals surface area contributed by atoms with E-state index in [-0.39, 0.29) is 0 Å². The minimum atomic E-state index is -0.409. The molecule has 0 saturated carbocycles. The third kappa shape index (κ3) is 7.28. The lowest BCUT2D eigenvalue weighted by molar-refractivity contribution is 0.000579. The molecular weight excluding hydrogens is 232 g/mol. The number of piperidine rings is 1. The van der Waals surface area contributed by atoms with Crippen molar-refractivity contribution >= 4 is 0 Å². The van der Waals surface area contributed by atoms with Gasteiger partial charge in [0.25, 0.3) is 0 Å². The van der Waals surface area contributed by atoms with Crippen LogP contribution in [0.1, 0.15) is 12.8 Å². The molecule has 0 radical (unpaired) electrons. The van der Waals surface area contributed by atoms with Crippen LogP contribution in [-0.2, 0) is 9.47 Å². The van der Waals surface area contributed by atoms with Crippen molar-refractivity contribution in [1.82, 2.24) is 10.2 Å². The molecule has 18 heavy (non-hydrogen) atoms. The zero-order valence-corrected chi connectivity index (χ0v) is 11.7. The number of aliphatic hydroxyl groups is 1. The summed E-state index contributed by atoms with van der Waals surface area (Å²) < 4.78 is 10.2. The van der Waals surface area contributed by atoms with Crippen LogP contribution in [0.15, 0.2) is 0 Å². The number of ether oxygens (including phenoxy) is 2. The quantitative estimate of drug-likeness (QED) is 0.569. The van der Waals surface area contributed by atoms with E-state index in [9.17, 15) is 5.11 Å². The molecule has 5 heteroatoms. The maximum absolute atomic E-state index is 9.83. The molecule has 1 rings (SSSR count). The van der Waals surface area contributed by atoms with Crippen molar-refractivity contribution in [3.63, 3.8) is 0 Å². The van der Waals surface area contributed by atoms with Crippen LogP contribution in [0.4, 0.5) is 0 Å². The van der Waals surface area contributed by atoms with E-state index in [1.54, 1.807) is 7.11 Å². The molecule has 0 aromatic carbocycles. The number of methoxy groups -OCH3 is 1. The van der Waals surface area contributed by atoms with E-state index < -0.39 is 6.10 Å². The van der Waals surface area contributed by atoms with Crippen LogP contribution < -0.4 is 5.32 Å². The Kier molecular flexibility index (Phi) is 8.54. The SMILES string of the molecule is COCCOCC(O)CN(C)CC1CCNCC1. The maximum Gasteiger partial charge on any atom is 0.0900 e. The van der Waals surface area contributed by atoms with Gasteiger partial charge in [-0.25, -0.2) is 0 Å². The molecule has 108 valence electrons. The summed E-state index contributed by atoms with van der Waals surface area (Å²) in [4.78, 5) is 2.21. The van der Waals surface area contributed by atoms with Gasteiger partial charge in [-0.15, -0.1) is 0 Å². The van der Waals surface area contributed by atoms with Crippen molar-refractivity contribution in [3.05, 3.63) is 0 Å². The van der Waals surface area contributed by atoms with Gasteiger partial charge >= 0.3 is 0 Å². The third-order valence-corrected chi connectivity index (χ3v) is 3.29. The van der Waals surface area contributed by atoms with E-state index in [2.05, 4.69) is 17.3 Å². The smallest absolute Gasteiger partial charge is 0.0900 e. The number of hydrogen-bond acceptors (Lipinski definition) is 5.